The number of Topliss-reactive ketones (excluding diaryl/α,β-unsaturated/α-hetero) is 1. The van der Waals surface area contributed by atoms with Gasteiger partial charge in [0.25, 0.3) is 0 Å². The second-order valence-electron chi connectivity index (χ2n) is 8.48. The number of aliphatic imine (C=N–C) groups is 1. The fourth-order valence-corrected chi connectivity index (χ4v) is 4.55. The Morgan fingerprint density at radius 2 is 2.10 bits per heavy atom. The number of carbonyl (C=O) groups excluding carboxylic acids is 1. The van der Waals surface area contributed by atoms with Crippen LogP contribution in [0, 0.1) is 5.41 Å². The molecular formula is C26H26N2O. The Balaban J connectivity index is 1.82. The predicted octanol–water partition coefficient (Wildman–Crippen LogP) is 5.85. The molecule has 1 heterocycles. The average molecular weight is 383 g/mol. The summed E-state index contributed by atoms with van der Waals surface area (Å²) >= 11 is 0. The molecule has 0 aromatic heterocycles. The Bertz CT molecular complexity index is 1080. The van der Waals surface area contributed by atoms with Crippen molar-refractivity contribution in [1.29, 1.82) is 5.41 Å². The van der Waals surface area contributed by atoms with Crippen molar-refractivity contribution in [3.8, 4) is 0 Å². The van der Waals surface area contributed by atoms with Crippen LogP contribution in [0.15, 0.2) is 77.0 Å². The van der Waals surface area contributed by atoms with Gasteiger partial charge in [-0.2, -0.15) is 0 Å². The first-order valence-corrected chi connectivity index (χ1v) is 10.0. The lowest BCUT2D eigenvalue weighted by Crippen LogP contribution is -2.22. The van der Waals surface area contributed by atoms with E-state index in [0.29, 0.717) is 12.0 Å². The van der Waals surface area contributed by atoms with Crippen molar-refractivity contribution in [3.05, 3.63) is 88.7 Å². The van der Waals surface area contributed by atoms with Gasteiger partial charge in [-0.05, 0) is 60.9 Å². The highest BCUT2D eigenvalue weighted by Gasteiger charge is 2.41. The normalized spacial score (nSPS) is 22.8. The van der Waals surface area contributed by atoms with Crippen LogP contribution in [-0.4, -0.2) is 18.2 Å². The minimum atomic E-state index is -0.522. The Morgan fingerprint density at radius 1 is 1.31 bits per heavy atom. The van der Waals surface area contributed by atoms with Crippen LogP contribution in [0.2, 0.25) is 0 Å². The first-order chi connectivity index (χ1) is 13.8. The molecule has 1 unspecified atom stereocenters. The van der Waals surface area contributed by atoms with Crippen molar-refractivity contribution in [2.24, 2.45) is 4.99 Å². The number of nitrogens with one attached hydrogen (secondary N) is 1. The summed E-state index contributed by atoms with van der Waals surface area (Å²) in [6, 6.07) is 6.28. The van der Waals surface area contributed by atoms with E-state index in [4.69, 9.17) is 10.4 Å². The van der Waals surface area contributed by atoms with E-state index in [1.165, 1.54) is 11.8 Å². The molecule has 29 heavy (non-hydrogen) atoms. The van der Waals surface area contributed by atoms with Crippen molar-refractivity contribution in [1.82, 2.24) is 0 Å². The molecule has 1 atom stereocenters. The van der Waals surface area contributed by atoms with Crippen LogP contribution >= 0.6 is 0 Å². The minimum Gasteiger partial charge on any atom is -0.313 e. The highest BCUT2D eigenvalue weighted by molar-refractivity contribution is 6.28. The molecule has 1 aromatic rings. The second-order valence-corrected chi connectivity index (χ2v) is 8.48. The lowest BCUT2D eigenvalue weighted by Gasteiger charge is -2.19. The summed E-state index contributed by atoms with van der Waals surface area (Å²) in [5.41, 5.74) is 7.47. The Hall–Kier alpha value is -3.07. The Kier molecular flexibility index (Phi) is 4.70. The van der Waals surface area contributed by atoms with E-state index in [-0.39, 0.29) is 11.7 Å². The number of hydrogen-bond donors (Lipinski definition) is 1. The number of ketones is 1. The number of rotatable bonds is 3. The fourth-order valence-electron chi connectivity index (χ4n) is 4.55. The molecule has 4 rings (SSSR count). The average Bonchev–Trinajstić information content (AvgIpc) is 2.92. The third-order valence-corrected chi connectivity index (χ3v) is 6.21. The highest BCUT2D eigenvalue weighted by Crippen LogP contribution is 2.45. The number of hydrogen-bond acceptors (Lipinski definition) is 3. The number of allylic oxidation sites excluding steroid dienone is 6. The summed E-state index contributed by atoms with van der Waals surface area (Å²) in [5, 5.41) is 7.60. The smallest absolute Gasteiger partial charge is 0.172 e. The van der Waals surface area contributed by atoms with Crippen molar-refractivity contribution in [2.75, 3.05) is 0 Å². The van der Waals surface area contributed by atoms with Gasteiger partial charge in [0.2, 0.25) is 0 Å². The van der Waals surface area contributed by atoms with E-state index >= 15 is 0 Å². The van der Waals surface area contributed by atoms with Gasteiger partial charge in [-0.3, -0.25) is 9.79 Å². The zero-order valence-electron chi connectivity index (χ0n) is 17.1. The molecule has 0 saturated heterocycles. The molecule has 2 aliphatic carbocycles. The lowest BCUT2D eigenvalue weighted by atomic mass is 9.83. The molecule has 3 heteroatoms. The molecule has 1 aliphatic heterocycles. The molecule has 146 valence electrons. The molecule has 0 radical (unpaired) electrons. The maximum absolute atomic E-state index is 12.6. The van der Waals surface area contributed by atoms with Crippen molar-refractivity contribution in [2.45, 2.75) is 44.4 Å². The summed E-state index contributed by atoms with van der Waals surface area (Å²) in [7, 11) is 0. The van der Waals surface area contributed by atoms with Gasteiger partial charge in [-0.1, -0.05) is 48.6 Å². The molecule has 0 bridgehead atoms. The third kappa shape index (κ3) is 3.11. The molecular weight excluding hydrogens is 356 g/mol. The number of carbonyl (C=O) groups is 1. The molecule has 0 fully saturated rings. The zero-order valence-corrected chi connectivity index (χ0v) is 17.1. The largest absolute Gasteiger partial charge is 0.313 e. The number of fused-ring (bicyclic) bond motifs is 2. The minimum absolute atomic E-state index is 0.00352. The number of benzene rings is 1. The Labute approximate surface area is 172 Å². The van der Waals surface area contributed by atoms with Crippen LogP contribution < -0.4 is 0 Å². The SMILES string of the molecule is C=C1C(=O)C(C)(C)c2ccc(C3C=C4N=CCC=CC4=C(CC=N)CC3=C)cc21. The van der Waals surface area contributed by atoms with E-state index in [0.717, 1.165) is 46.4 Å². The van der Waals surface area contributed by atoms with Gasteiger partial charge in [-0.15, -0.1) is 0 Å². The topological polar surface area (TPSA) is 53.3 Å². The molecule has 1 N–H and O–H groups in total. The quantitative estimate of drug-likeness (QED) is 0.398. The van der Waals surface area contributed by atoms with Crippen molar-refractivity contribution < 1.29 is 4.79 Å². The van der Waals surface area contributed by atoms with E-state index in [9.17, 15) is 4.79 Å². The summed E-state index contributed by atoms with van der Waals surface area (Å²) in [6.45, 7) is 12.4. The summed E-state index contributed by atoms with van der Waals surface area (Å²) in [5.74, 6) is 0.0993. The van der Waals surface area contributed by atoms with E-state index in [2.05, 4.69) is 49.6 Å². The van der Waals surface area contributed by atoms with Crippen LogP contribution in [-0.2, 0) is 10.2 Å². The van der Waals surface area contributed by atoms with Gasteiger partial charge in [-0.25, -0.2) is 0 Å². The maximum Gasteiger partial charge on any atom is 0.172 e. The summed E-state index contributed by atoms with van der Waals surface area (Å²) < 4.78 is 0. The summed E-state index contributed by atoms with van der Waals surface area (Å²) in [4.78, 5) is 17.3. The van der Waals surface area contributed by atoms with Gasteiger partial charge in [0.15, 0.2) is 5.78 Å². The van der Waals surface area contributed by atoms with E-state index in [1.54, 1.807) is 0 Å². The van der Waals surface area contributed by atoms with Crippen LogP contribution in [0.3, 0.4) is 0 Å². The van der Waals surface area contributed by atoms with Crippen LogP contribution in [0.4, 0.5) is 0 Å². The fraction of sp³-hybridized carbons (Fsp3) is 0.269. The highest BCUT2D eigenvalue weighted by atomic mass is 16.1. The first kappa shape index (κ1) is 19.3. The van der Waals surface area contributed by atoms with Gasteiger partial charge in [0.05, 0.1) is 11.1 Å². The van der Waals surface area contributed by atoms with E-state index in [1.807, 2.05) is 20.1 Å². The van der Waals surface area contributed by atoms with Gasteiger partial charge in [0, 0.05) is 30.5 Å². The molecule has 1 aromatic carbocycles. The molecule has 0 amide bonds. The van der Waals surface area contributed by atoms with Crippen LogP contribution in [0.25, 0.3) is 5.57 Å². The predicted molar refractivity (Wildman–Crippen MR) is 121 cm³/mol. The third-order valence-electron chi connectivity index (χ3n) is 6.21. The van der Waals surface area contributed by atoms with Crippen LogP contribution in [0.1, 0.15) is 55.7 Å². The molecule has 3 nitrogen and oxygen atoms in total. The van der Waals surface area contributed by atoms with Crippen LogP contribution in [0.5, 0.6) is 0 Å². The maximum atomic E-state index is 12.6. The Morgan fingerprint density at radius 3 is 2.86 bits per heavy atom. The zero-order chi connectivity index (χ0) is 20.8. The first-order valence-electron chi connectivity index (χ1n) is 10.0. The standard InChI is InChI=1S/C26H26N2O/c1-16-13-19(10-11-27)20-7-5-6-12-28-24(20)15-21(16)18-8-9-23-22(14-18)17(2)25(29)26(23,3)4/h5,7-9,11-12,14-15,21,27H,1-2,6,10,13H2,3-4H3. The van der Waals surface area contributed by atoms with Gasteiger partial charge in [0.1, 0.15) is 0 Å². The van der Waals surface area contributed by atoms with Crippen molar-refractivity contribution >= 4 is 23.8 Å². The van der Waals surface area contributed by atoms with Gasteiger partial charge < -0.3 is 5.41 Å². The number of nitrogens with zero attached hydrogens (tertiary/aromatic N) is 1. The van der Waals surface area contributed by atoms with Crippen molar-refractivity contribution in [3.63, 3.8) is 0 Å². The lowest BCUT2D eigenvalue weighted by molar-refractivity contribution is -0.117. The molecule has 3 aliphatic rings. The summed E-state index contributed by atoms with van der Waals surface area (Å²) in [6.07, 6.45) is 11.9. The van der Waals surface area contributed by atoms with Gasteiger partial charge >= 0.3 is 0 Å². The molecule has 0 spiro atoms. The molecule has 0 saturated carbocycles. The van der Waals surface area contributed by atoms with E-state index < -0.39 is 5.41 Å². The monoisotopic (exact) mass is 382 g/mol. The second kappa shape index (κ2) is 7.07.